The summed E-state index contributed by atoms with van der Waals surface area (Å²) in [6.45, 7) is -0.0239. The average molecular weight is 643 g/mol. The summed E-state index contributed by atoms with van der Waals surface area (Å²) in [5.41, 5.74) is 6.50. The van der Waals surface area contributed by atoms with Crippen LogP contribution in [0.2, 0.25) is 0 Å². The Morgan fingerprint density at radius 1 is 0.896 bits per heavy atom. The number of carbonyl (C=O) groups excluding carboxylic acids is 3. The number of esters is 1. The molecule has 11 nitrogen and oxygen atoms in total. The number of hydrogen-bond donors (Lipinski definition) is 5. The summed E-state index contributed by atoms with van der Waals surface area (Å²) >= 11 is 0. The lowest BCUT2D eigenvalue weighted by Crippen LogP contribution is -2.52. The summed E-state index contributed by atoms with van der Waals surface area (Å²) in [5.74, 6) is 1.45. The fraction of sp³-hybridized carbons (Fsp3) is 0.189. The number of benzene rings is 4. The molecule has 0 aromatic heterocycles. The molecule has 240 valence electrons. The SMILES string of the molecule is NC(=O)NCC#Cc1ccc2c(c1)[C@]1(C(=O)N2)[C@H](c2ccc(O)cc2)N2[C@H](c3ccccc3)[C@H](c3ccccc3)OC(=O)[C@H]2[C@@H]1C(=O)O. The van der Waals surface area contributed by atoms with Crippen molar-refractivity contribution in [1.29, 1.82) is 0 Å². The molecule has 0 bridgehead atoms. The highest BCUT2D eigenvalue weighted by atomic mass is 16.6. The monoisotopic (exact) mass is 642 g/mol. The predicted molar refractivity (Wildman–Crippen MR) is 173 cm³/mol. The Bertz CT molecular complexity index is 1990. The van der Waals surface area contributed by atoms with E-state index >= 15 is 0 Å². The molecule has 0 saturated carbocycles. The Hall–Kier alpha value is -6.12. The Morgan fingerprint density at radius 2 is 1.56 bits per heavy atom. The molecule has 6 atom stereocenters. The number of rotatable bonds is 5. The standard InChI is InChI=1S/C37H30N4O7/c38-36(47)39-19-7-8-21-13-18-27-26(20-21)37(35(46)40-27)28(33(43)44)30-34(45)48-31(23-11-5-2-6-12-23)29(22-9-3-1-4-10-22)41(30)32(37)24-14-16-25(42)17-15-24/h1-6,9-18,20,28-32,42H,19H2,(H,40,46)(H,43,44)(H3,38,39,47)/t28-,29-,30-,31+,32+,37-/m1/s1. The number of primary amides is 1. The number of hydrogen-bond acceptors (Lipinski definition) is 7. The van der Waals surface area contributed by atoms with E-state index in [0.29, 0.717) is 27.9 Å². The number of amides is 3. The number of nitrogens with zero attached hydrogens (tertiary/aromatic N) is 1. The van der Waals surface area contributed by atoms with Gasteiger partial charge in [0.25, 0.3) is 0 Å². The summed E-state index contributed by atoms with van der Waals surface area (Å²) < 4.78 is 6.19. The van der Waals surface area contributed by atoms with Crippen LogP contribution in [0, 0.1) is 17.8 Å². The zero-order chi connectivity index (χ0) is 33.6. The third-order valence-electron chi connectivity index (χ3n) is 9.37. The smallest absolute Gasteiger partial charge is 0.325 e. The highest BCUT2D eigenvalue weighted by molar-refractivity contribution is 6.11. The topological polar surface area (TPSA) is 171 Å². The lowest BCUT2D eigenvalue weighted by molar-refractivity contribution is -0.179. The first-order valence-corrected chi connectivity index (χ1v) is 15.3. The second kappa shape index (κ2) is 11.9. The molecule has 0 unspecified atom stereocenters. The van der Waals surface area contributed by atoms with E-state index in [9.17, 15) is 29.4 Å². The molecule has 2 fully saturated rings. The number of fused-ring (bicyclic) bond motifs is 3. The maximum atomic E-state index is 14.6. The molecule has 3 heterocycles. The Kier molecular flexibility index (Phi) is 7.58. The predicted octanol–water partition coefficient (Wildman–Crippen LogP) is 3.77. The van der Waals surface area contributed by atoms with Gasteiger partial charge in [0, 0.05) is 11.3 Å². The summed E-state index contributed by atoms with van der Waals surface area (Å²) in [4.78, 5) is 55.4. The molecule has 0 aliphatic carbocycles. The van der Waals surface area contributed by atoms with E-state index in [-0.39, 0.29) is 12.3 Å². The van der Waals surface area contributed by atoms with Crippen molar-refractivity contribution in [2.45, 2.75) is 29.6 Å². The van der Waals surface area contributed by atoms with E-state index in [1.165, 1.54) is 12.1 Å². The first-order valence-electron chi connectivity index (χ1n) is 15.3. The average Bonchev–Trinajstić information content (AvgIpc) is 3.56. The van der Waals surface area contributed by atoms with Crippen LogP contribution >= 0.6 is 0 Å². The van der Waals surface area contributed by atoms with Gasteiger partial charge in [-0.15, -0.1) is 0 Å². The minimum atomic E-state index is -1.84. The number of nitrogens with two attached hydrogens (primary N) is 1. The lowest BCUT2D eigenvalue weighted by Gasteiger charge is -2.46. The molecule has 4 aromatic carbocycles. The van der Waals surface area contributed by atoms with Crippen molar-refractivity contribution in [3.05, 3.63) is 131 Å². The molecule has 6 N–H and O–H groups in total. The van der Waals surface area contributed by atoms with Gasteiger partial charge in [-0.25, -0.2) is 4.79 Å². The van der Waals surface area contributed by atoms with Gasteiger partial charge in [-0.3, -0.25) is 19.3 Å². The molecule has 1 spiro atoms. The summed E-state index contributed by atoms with van der Waals surface area (Å²) in [6.07, 6.45) is -0.847. The Balaban J connectivity index is 1.51. The number of ether oxygens (including phenoxy) is 1. The van der Waals surface area contributed by atoms with Crippen molar-refractivity contribution < 1.29 is 34.1 Å². The fourth-order valence-corrected chi connectivity index (χ4v) is 7.58. The number of phenols is 1. The highest BCUT2D eigenvalue weighted by Crippen LogP contribution is 2.64. The molecule has 48 heavy (non-hydrogen) atoms. The van der Waals surface area contributed by atoms with Gasteiger partial charge in [0.2, 0.25) is 5.91 Å². The van der Waals surface area contributed by atoms with Gasteiger partial charge in [-0.2, -0.15) is 0 Å². The van der Waals surface area contributed by atoms with Crippen molar-refractivity contribution in [1.82, 2.24) is 10.2 Å². The van der Waals surface area contributed by atoms with Gasteiger partial charge in [0.05, 0.1) is 18.6 Å². The van der Waals surface area contributed by atoms with Gasteiger partial charge in [0.15, 0.2) is 0 Å². The van der Waals surface area contributed by atoms with Crippen LogP contribution in [-0.2, 0) is 24.5 Å². The number of anilines is 1. The number of cyclic esters (lactones) is 1. The number of morpholine rings is 1. The van der Waals surface area contributed by atoms with E-state index in [0.717, 1.165) is 5.56 Å². The molecular weight excluding hydrogens is 612 g/mol. The van der Waals surface area contributed by atoms with Crippen LogP contribution in [0.4, 0.5) is 10.5 Å². The van der Waals surface area contributed by atoms with Crippen molar-refractivity contribution in [2.24, 2.45) is 11.7 Å². The molecular formula is C37H30N4O7. The third-order valence-corrected chi connectivity index (χ3v) is 9.37. The molecule has 3 aliphatic rings. The summed E-state index contributed by atoms with van der Waals surface area (Å²) in [5, 5.41) is 26.6. The summed E-state index contributed by atoms with van der Waals surface area (Å²) in [6, 6.07) is 26.0. The van der Waals surface area contributed by atoms with Crippen molar-refractivity contribution in [3.63, 3.8) is 0 Å². The van der Waals surface area contributed by atoms with E-state index < -0.39 is 59.4 Å². The number of urea groups is 1. The van der Waals surface area contributed by atoms with Crippen LogP contribution in [0.5, 0.6) is 5.75 Å². The molecule has 0 radical (unpaired) electrons. The first kappa shape index (κ1) is 30.5. The second-order valence-corrected chi connectivity index (χ2v) is 11.9. The largest absolute Gasteiger partial charge is 0.508 e. The molecule has 2 saturated heterocycles. The normalized spacial score (nSPS) is 25.6. The van der Waals surface area contributed by atoms with E-state index in [2.05, 4.69) is 22.5 Å². The number of aromatic hydroxyl groups is 1. The van der Waals surface area contributed by atoms with Crippen molar-refractivity contribution >= 4 is 29.6 Å². The number of carboxylic acids is 1. The Labute approximate surface area is 275 Å². The zero-order valence-electron chi connectivity index (χ0n) is 25.4. The fourth-order valence-electron chi connectivity index (χ4n) is 7.58. The third kappa shape index (κ3) is 4.82. The van der Waals surface area contributed by atoms with Gasteiger partial charge >= 0.3 is 18.0 Å². The van der Waals surface area contributed by atoms with E-state index in [1.807, 2.05) is 65.6 Å². The van der Waals surface area contributed by atoms with Crippen LogP contribution in [0.25, 0.3) is 0 Å². The number of nitrogens with one attached hydrogen (secondary N) is 2. The number of carbonyl (C=O) groups is 4. The molecule has 3 amide bonds. The molecule has 3 aliphatic heterocycles. The van der Waals surface area contributed by atoms with Gasteiger partial charge < -0.3 is 31.3 Å². The Morgan fingerprint density at radius 3 is 2.21 bits per heavy atom. The van der Waals surface area contributed by atoms with Crippen LogP contribution in [-0.4, -0.2) is 51.6 Å². The van der Waals surface area contributed by atoms with E-state index in [1.54, 1.807) is 30.3 Å². The van der Waals surface area contributed by atoms with E-state index in [4.69, 9.17) is 10.5 Å². The second-order valence-electron chi connectivity index (χ2n) is 11.9. The number of carboxylic acid groups (broad SMARTS) is 1. The first-order chi connectivity index (χ1) is 23.2. The van der Waals surface area contributed by atoms with Crippen LogP contribution < -0.4 is 16.4 Å². The lowest BCUT2D eigenvalue weighted by atomic mass is 9.65. The van der Waals surface area contributed by atoms with Crippen molar-refractivity contribution in [3.8, 4) is 17.6 Å². The molecule has 7 rings (SSSR count). The summed E-state index contributed by atoms with van der Waals surface area (Å²) in [7, 11) is 0. The molecule has 4 aromatic rings. The maximum absolute atomic E-state index is 14.6. The van der Waals surface area contributed by atoms with Crippen LogP contribution in [0.15, 0.2) is 103 Å². The van der Waals surface area contributed by atoms with Gasteiger partial charge in [0.1, 0.15) is 29.2 Å². The maximum Gasteiger partial charge on any atom is 0.325 e. The highest BCUT2D eigenvalue weighted by Gasteiger charge is 2.74. The van der Waals surface area contributed by atoms with Gasteiger partial charge in [-0.1, -0.05) is 84.6 Å². The van der Waals surface area contributed by atoms with Crippen LogP contribution in [0.3, 0.4) is 0 Å². The quantitative estimate of drug-likeness (QED) is 0.162. The molecule has 11 heteroatoms. The van der Waals surface area contributed by atoms with Crippen molar-refractivity contribution in [2.75, 3.05) is 11.9 Å². The minimum absolute atomic E-state index is 0.0182. The number of phenolic OH excluding ortho intramolecular Hbond substituents is 1. The van der Waals surface area contributed by atoms with Crippen LogP contribution in [0.1, 0.15) is 46.0 Å². The van der Waals surface area contributed by atoms with Gasteiger partial charge in [-0.05, 0) is 52.6 Å². The minimum Gasteiger partial charge on any atom is -0.508 e. The number of aliphatic carboxylic acids is 1. The zero-order valence-corrected chi connectivity index (χ0v) is 25.4.